The maximum absolute atomic E-state index is 10.6. The van der Waals surface area contributed by atoms with Gasteiger partial charge in [0.25, 0.3) is 10.0 Å². The third-order valence-corrected chi connectivity index (χ3v) is 2.04. The van der Waals surface area contributed by atoms with Crippen molar-refractivity contribution in [1.82, 2.24) is 4.98 Å². The molecule has 0 radical (unpaired) electrons. The molecule has 0 aromatic carbocycles. The number of primary sulfonamides is 1. The lowest BCUT2D eigenvalue weighted by Crippen LogP contribution is -2.13. The van der Waals surface area contributed by atoms with Gasteiger partial charge in [-0.1, -0.05) is 11.6 Å². The highest BCUT2D eigenvalue weighted by Crippen LogP contribution is 2.08. The second kappa shape index (κ2) is 2.77. The average molecular weight is 193 g/mol. The molecule has 1 heterocycles. The molecule has 0 bridgehead atoms. The molecule has 1 aromatic rings. The number of hydrogen-bond donors (Lipinski definition) is 1. The van der Waals surface area contributed by atoms with E-state index in [-0.39, 0.29) is 5.03 Å². The van der Waals surface area contributed by atoms with E-state index in [4.69, 9.17) is 16.7 Å². The van der Waals surface area contributed by atoms with Crippen LogP contribution in [0, 0.1) is 0 Å². The van der Waals surface area contributed by atoms with Gasteiger partial charge in [0.1, 0.15) is 0 Å². The topological polar surface area (TPSA) is 73.1 Å². The average Bonchev–Trinajstić information content (AvgIpc) is 1.86. The van der Waals surface area contributed by atoms with Crippen LogP contribution in [0.4, 0.5) is 0 Å². The summed E-state index contributed by atoms with van der Waals surface area (Å²) >= 11 is 5.46. The fourth-order valence-corrected chi connectivity index (χ4v) is 1.10. The molecule has 11 heavy (non-hydrogen) atoms. The Labute approximate surface area is 69.1 Å². The number of rotatable bonds is 1. The van der Waals surface area contributed by atoms with E-state index in [0.29, 0.717) is 5.02 Å². The summed E-state index contributed by atoms with van der Waals surface area (Å²) < 4.78 is 21.2. The molecule has 0 unspecified atom stereocenters. The minimum Gasteiger partial charge on any atom is -0.242 e. The van der Waals surface area contributed by atoms with Gasteiger partial charge >= 0.3 is 0 Å². The van der Waals surface area contributed by atoms with Crippen molar-refractivity contribution in [1.29, 1.82) is 0 Å². The molecule has 0 fully saturated rings. The third-order valence-electron chi connectivity index (χ3n) is 0.992. The summed E-state index contributed by atoms with van der Waals surface area (Å²) in [6, 6.07) is 2.66. The molecular weight excluding hydrogens is 188 g/mol. The zero-order chi connectivity index (χ0) is 8.48. The van der Waals surface area contributed by atoms with Crippen LogP contribution in [0.25, 0.3) is 0 Å². The van der Waals surface area contributed by atoms with E-state index >= 15 is 0 Å². The van der Waals surface area contributed by atoms with Crippen molar-refractivity contribution in [3.05, 3.63) is 23.4 Å². The summed E-state index contributed by atoms with van der Waals surface area (Å²) in [5, 5.41) is 4.97. The highest BCUT2D eigenvalue weighted by atomic mass is 35.5. The predicted octanol–water partition coefficient (Wildman–Crippen LogP) is 0.382. The van der Waals surface area contributed by atoms with Crippen LogP contribution in [0.15, 0.2) is 23.4 Å². The fourth-order valence-electron chi connectivity index (χ4n) is 0.531. The van der Waals surface area contributed by atoms with Crippen molar-refractivity contribution >= 4 is 21.6 Å². The highest BCUT2D eigenvalue weighted by molar-refractivity contribution is 7.89. The summed E-state index contributed by atoms with van der Waals surface area (Å²) in [6.45, 7) is 0. The zero-order valence-corrected chi connectivity index (χ0v) is 6.93. The van der Waals surface area contributed by atoms with Gasteiger partial charge in [-0.2, -0.15) is 0 Å². The Hall–Kier alpha value is -0.650. The second-order valence-corrected chi connectivity index (χ2v) is 3.80. The van der Waals surface area contributed by atoms with Gasteiger partial charge in [0.15, 0.2) is 5.03 Å². The number of hydrogen-bond acceptors (Lipinski definition) is 3. The Morgan fingerprint density at radius 1 is 1.45 bits per heavy atom. The number of nitrogens with zero attached hydrogens (tertiary/aromatic N) is 1. The molecule has 0 aliphatic rings. The first-order chi connectivity index (χ1) is 5.00. The molecule has 4 nitrogen and oxygen atoms in total. The van der Waals surface area contributed by atoms with E-state index in [1.165, 1.54) is 18.3 Å². The number of pyridine rings is 1. The normalized spacial score (nSPS) is 11.5. The number of halogens is 1. The number of sulfonamides is 1. The van der Waals surface area contributed by atoms with Crippen LogP contribution in [-0.4, -0.2) is 13.4 Å². The minimum absolute atomic E-state index is 0.179. The zero-order valence-electron chi connectivity index (χ0n) is 5.36. The highest BCUT2D eigenvalue weighted by Gasteiger charge is 2.07. The van der Waals surface area contributed by atoms with Gasteiger partial charge in [-0.05, 0) is 12.1 Å². The monoisotopic (exact) mass is 192 g/mol. The van der Waals surface area contributed by atoms with Crippen LogP contribution in [-0.2, 0) is 10.0 Å². The van der Waals surface area contributed by atoms with Crippen molar-refractivity contribution in [2.45, 2.75) is 5.03 Å². The van der Waals surface area contributed by atoms with Gasteiger partial charge in [-0.15, -0.1) is 0 Å². The second-order valence-electron chi connectivity index (χ2n) is 1.86. The standard InChI is InChI=1S/C5H5ClN2O2S/c6-4-1-2-5(8-3-4)11(7,9)10/h1-3H,(H2,7,9,10). The largest absolute Gasteiger partial charge is 0.255 e. The minimum atomic E-state index is -3.69. The van der Waals surface area contributed by atoms with E-state index in [0.717, 1.165) is 0 Å². The lowest BCUT2D eigenvalue weighted by atomic mass is 10.5. The Morgan fingerprint density at radius 2 is 2.09 bits per heavy atom. The summed E-state index contributed by atoms with van der Waals surface area (Å²) in [5.74, 6) is 0. The van der Waals surface area contributed by atoms with Crippen LogP contribution in [0.1, 0.15) is 0 Å². The summed E-state index contributed by atoms with van der Waals surface area (Å²) in [7, 11) is -3.69. The van der Waals surface area contributed by atoms with Crippen LogP contribution in [0.5, 0.6) is 0 Å². The van der Waals surface area contributed by atoms with Crippen molar-refractivity contribution in [3.8, 4) is 0 Å². The van der Waals surface area contributed by atoms with E-state index in [1.54, 1.807) is 0 Å². The van der Waals surface area contributed by atoms with Crippen molar-refractivity contribution in [2.75, 3.05) is 0 Å². The maximum atomic E-state index is 10.6. The molecule has 0 aliphatic heterocycles. The van der Waals surface area contributed by atoms with E-state index in [2.05, 4.69) is 4.98 Å². The Bertz CT molecular complexity index is 345. The molecule has 0 saturated heterocycles. The SMILES string of the molecule is NS(=O)(=O)c1ccc(Cl)cn1. The maximum Gasteiger partial charge on any atom is 0.255 e. The lowest BCUT2D eigenvalue weighted by molar-refractivity contribution is 0.594. The number of nitrogens with two attached hydrogens (primary N) is 1. The lowest BCUT2D eigenvalue weighted by Gasteiger charge is -1.94. The molecule has 0 saturated carbocycles. The summed E-state index contributed by atoms with van der Waals surface area (Å²) in [6.07, 6.45) is 1.22. The van der Waals surface area contributed by atoms with Crippen LogP contribution in [0.3, 0.4) is 0 Å². The van der Waals surface area contributed by atoms with Crippen molar-refractivity contribution in [2.24, 2.45) is 5.14 Å². The summed E-state index contributed by atoms with van der Waals surface area (Å²) in [4.78, 5) is 3.50. The van der Waals surface area contributed by atoms with Gasteiger partial charge in [0.2, 0.25) is 0 Å². The molecule has 1 rings (SSSR count). The van der Waals surface area contributed by atoms with Gasteiger partial charge in [-0.3, -0.25) is 0 Å². The first-order valence-corrected chi connectivity index (χ1v) is 4.57. The first-order valence-electron chi connectivity index (χ1n) is 2.64. The van der Waals surface area contributed by atoms with E-state index in [1.807, 2.05) is 0 Å². The smallest absolute Gasteiger partial charge is 0.242 e. The van der Waals surface area contributed by atoms with Gasteiger partial charge in [0, 0.05) is 6.20 Å². The van der Waals surface area contributed by atoms with E-state index in [9.17, 15) is 8.42 Å². The van der Waals surface area contributed by atoms with Crippen LogP contribution < -0.4 is 5.14 Å². The quantitative estimate of drug-likeness (QED) is 0.699. The summed E-state index contributed by atoms with van der Waals surface area (Å²) in [5.41, 5.74) is 0. The third kappa shape index (κ3) is 2.14. The molecule has 1 aromatic heterocycles. The van der Waals surface area contributed by atoms with Crippen LogP contribution >= 0.6 is 11.6 Å². The molecule has 0 amide bonds. The van der Waals surface area contributed by atoms with Crippen LogP contribution in [0.2, 0.25) is 5.02 Å². The molecule has 2 N–H and O–H groups in total. The van der Waals surface area contributed by atoms with Gasteiger partial charge in [-0.25, -0.2) is 18.5 Å². The van der Waals surface area contributed by atoms with Gasteiger partial charge in [0.05, 0.1) is 5.02 Å². The Balaban J connectivity index is 3.20. The van der Waals surface area contributed by atoms with Gasteiger partial charge < -0.3 is 0 Å². The fraction of sp³-hybridized carbons (Fsp3) is 0. The van der Waals surface area contributed by atoms with Crippen molar-refractivity contribution < 1.29 is 8.42 Å². The molecule has 0 atom stereocenters. The Kier molecular flexibility index (Phi) is 2.12. The molecule has 60 valence electrons. The predicted molar refractivity (Wildman–Crippen MR) is 40.6 cm³/mol. The number of aromatic nitrogens is 1. The molecule has 0 spiro atoms. The molecule has 0 aliphatic carbocycles. The molecule has 6 heteroatoms. The van der Waals surface area contributed by atoms with Crippen molar-refractivity contribution in [3.63, 3.8) is 0 Å². The Morgan fingerprint density at radius 3 is 2.45 bits per heavy atom. The molecular formula is C5H5ClN2O2S. The first kappa shape index (κ1) is 8.45. The van der Waals surface area contributed by atoms with E-state index < -0.39 is 10.0 Å².